The summed E-state index contributed by atoms with van der Waals surface area (Å²) in [5, 5.41) is 7.73. The van der Waals surface area contributed by atoms with Gasteiger partial charge < -0.3 is 4.74 Å². The van der Waals surface area contributed by atoms with E-state index in [9.17, 15) is 4.79 Å². The zero-order chi connectivity index (χ0) is 15.3. The number of carbonyl (C=O) groups is 1. The Morgan fingerprint density at radius 1 is 1.50 bits per heavy atom. The van der Waals surface area contributed by atoms with Gasteiger partial charge in [0.25, 0.3) is 0 Å². The van der Waals surface area contributed by atoms with Crippen LogP contribution in [0.15, 0.2) is 4.47 Å². The lowest BCUT2D eigenvalue weighted by Crippen LogP contribution is -2.38. The van der Waals surface area contributed by atoms with Gasteiger partial charge >= 0.3 is 5.97 Å². The molecule has 6 heteroatoms. The fourth-order valence-electron chi connectivity index (χ4n) is 2.13. The zero-order valence-corrected chi connectivity index (χ0v) is 14.5. The van der Waals surface area contributed by atoms with Crippen molar-refractivity contribution in [1.29, 1.82) is 0 Å². The van der Waals surface area contributed by atoms with Crippen LogP contribution in [0.5, 0.6) is 0 Å². The third-order valence-electron chi connectivity index (χ3n) is 3.16. The Kier molecular flexibility index (Phi) is 6.68. The highest BCUT2D eigenvalue weighted by Crippen LogP contribution is 2.21. The minimum absolute atomic E-state index is 0.214. The number of carbonyl (C=O) groups excluding carboxylic acids is 1. The third-order valence-corrected chi connectivity index (χ3v) is 4.19. The third kappa shape index (κ3) is 4.31. The predicted octanol–water partition coefficient (Wildman–Crippen LogP) is 2.65. The van der Waals surface area contributed by atoms with Crippen LogP contribution in [0.3, 0.4) is 0 Å². The van der Waals surface area contributed by atoms with Gasteiger partial charge in [0, 0.05) is 13.1 Å². The molecule has 0 fully saturated rings. The lowest BCUT2D eigenvalue weighted by molar-refractivity contribution is -0.143. The van der Waals surface area contributed by atoms with Crippen molar-refractivity contribution in [1.82, 2.24) is 15.1 Å². The number of nitrogens with zero attached hydrogens (tertiary/aromatic N) is 2. The number of hydrogen-bond acceptors (Lipinski definition) is 4. The van der Waals surface area contributed by atoms with Crippen LogP contribution in [0.1, 0.15) is 38.6 Å². The van der Waals surface area contributed by atoms with Gasteiger partial charge in [-0.1, -0.05) is 13.8 Å². The molecular weight excluding hydrogens is 322 g/mol. The summed E-state index contributed by atoms with van der Waals surface area (Å²) in [6.07, 6.45) is 0.754. The van der Waals surface area contributed by atoms with E-state index in [1.165, 1.54) is 7.11 Å². The van der Waals surface area contributed by atoms with Crippen molar-refractivity contribution in [3.63, 3.8) is 0 Å². The van der Waals surface area contributed by atoms with E-state index in [-0.39, 0.29) is 12.0 Å². The topological polar surface area (TPSA) is 56.2 Å². The maximum absolute atomic E-state index is 11.8. The van der Waals surface area contributed by atoms with Gasteiger partial charge in [-0.3, -0.25) is 14.8 Å². The van der Waals surface area contributed by atoms with Crippen molar-refractivity contribution in [2.24, 2.45) is 5.92 Å². The van der Waals surface area contributed by atoms with E-state index in [0.717, 1.165) is 28.8 Å². The summed E-state index contributed by atoms with van der Waals surface area (Å²) >= 11 is 3.56. The minimum atomic E-state index is -0.285. The van der Waals surface area contributed by atoms with Crippen LogP contribution in [0, 0.1) is 12.8 Å². The molecule has 0 saturated heterocycles. The minimum Gasteiger partial charge on any atom is -0.468 e. The number of aromatic nitrogens is 2. The Morgan fingerprint density at radius 2 is 2.15 bits per heavy atom. The Balaban J connectivity index is 2.79. The van der Waals surface area contributed by atoms with Crippen molar-refractivity contribution < 1.29 is 9.53 Å². The van der Waals surface area contributed by atoms with Crippen LogP contribution in [-0.2, 0) is 22.6 Å². The SMILES string of the molecule is CCn1nc(C)c(Br)c1CNC(CC(C)C)C(=O)OC. The fourth-order valence-corrected chi connectivity index (χ4v) is 2.56. The Labute approximate surface area is 129 Å². The van der Waals surface area contributed by atoms with E-state index < -0.39 is 0 Å². The highest BCUT2D eigenvalue weighted by atomic mass is 79.9. The molecule has 0 radical (unpaired) electrons. The summed E-state index contributed by atoms with van der Waals surface area (Å²) in [5.74, 6) is 0.210. The normalized spacial score (nSPS) is 12.8. The van der Waals surface area contributed by atoms with E-state index in [4.69, 9.17) is 4.74 Å². The average molecular weight is 346 g/mol. The van der Waals surface area contributed by atoms with Gasteiger partial charge in [0.05, 0.1) is 23.0 Å². The van der Waals surface area contributed by atoms with Crippen LogP contribution >= 0.6 is 15.9 Å². The molecule has 20 heavy (non-hydrogen) atoms. The number of ether oxygens (including phenoxy) is 1. The number of esters is 1. The number of methoxy groups -OCH3 is 1. The molecule has 0 aliphatic rings. The number of aryl methyl sites for hydroxylation is 2. The summed E-state index contributed by atoms with van der Waals surface area (Å²) in [4.78, 5) is 11.8. The highest BCUT2D eigenvalue weighted by Gasteiger charge is 2.21. The van der Waals surface area contributed by atoms with Gasteiger partial charge in [-0.15, -0.1) is 0 Å². The van der Waals surface area contributed by atoms with Crippen molar-refractivity contribution >= 4 is 21.9 Å². The predicted molar refractivity (Wildman–Crippen MR) is 82.4 cm³/mol. The maximum Gasteiger partial charge on any atom is 0.322 e. The van der Waals surface area contributed by atoms with Gasteiger partial charge in [-0.2, -0.15) is 5.10 Å². The second-order valence-electron chi connectivity index (χ2n) is 5.25. The largest absolute Gasteiger partial charge is 0.468 e. The molecular formula is C14H24BrN3O2. The molecule has 0 aliphatic heterocycles. The molecule has 1 N–H and O–H groups in total. The Bertz CT molecular complexity index is 458. The average Bonchev–Trinajstić information content (AvgIpc) is 2.69. The summed E-state index contributed by atoms with van der Waals surface area (Å²) < 4.78 is 7.80. The second-order valence-corrected chi connectivity index (χ2v) is 6.04. The van der Waals surface area contributed by atoms with Crippen LogP contribution in [0.25, 0.3) is 0 Å². The summed E-state index contributed by atoms with van der Waals surface area (Å²) in [7, 11) is 1.42. The van der Waals surface area contributed by atoms with E-state index in [1.807, 2.05) is 18.5 Å². The number of nitrogens with one attached hydrogen (secondary N) is 1. The summed E-state index contributed by atoms with van der Waals surface area (Å²) in [6, 6.07) is -0.285. The lowest BCUT2D eigenvalue weighted by atomic mass is 10.0. The molecule has 0 aromatic carbocycles. The molecule has 0 aliphatic carbocycles. The van der Waals surface area contributed by atoms with Crippen LogP contribution in [0.2, 0.25) is 0 Å². The molecule has 1 aromatic heterocycles. The van der Waals surface area contributed by atoms with E-state index in [0.29, 0.717) is 12.5 Å². The van der Waals surface area contributed by atoms with Gasteiger partial charge in [-0.05, 0) is 42.1 Å². The Hall–Kier alpha value is -0.880. The van der Waals surface area contributed by atoms with E-state index in [2.05, 4.69) is 40.2 Å². The molecule has 1 atom stereocenters. The number of halogens is 1. The second kappa shape index (κ2) is 7.78. The van der Waals surface area contributed by atoms with Crippen molar-refractivity contribution in [2.75, 3.05) is 7.11 Å². The first kappa shape index (κ1) is 17.2. The maximum atomic E-state index is 11.8. The number of rotatable bonds is 7. The molecule has 5 nitrogen and oxygen atoms in total. The molecule has 0 amide bonds. The quantitative estimate of drug-likeness (QED) is 0.772. The molecule has 0 bridgehead atoms. The monoisotopic (exact) mass is 345 g/mol. The van der Waals surface area contributed by atoms with Gasteiger partial charge in [0.1, 0.15) is 6.04 Å². The van der Waals surface area contributed by atoms with Crippen LogP contribution < -0.4 is 5.32 Å². The molecule has 0 spiro atoms. The van der Waals surface area contributed by atoms with Crippen LogP contribution in [-0.4, -0.2) is 28.9 Å². The van der Waals surface area contributed by atoms with Crippen molar-refractivity contribution in [3.05, 3.63) is 15.9 Å². The number of hydrogen-bond donors (Lipinski definition) is 1. The molecule has 1 unspecified atom stereocenters. The standard InChI is InChI=1S/C14H24BrN3O2/c1-6-18-12(13(15)10(4)17-18)8-16-11(7-9(2)3)14(19)20-5/h9,11,16H,6-8H2,1-5H3. The van der Waals surface area contributed by atoms with Gasteiger partial charge in [-0.25, -0.2) is 0 Å². The summed E-state index contributed by atoms with van der Waals surface area (Å²) in [6.45, 7) is 9.58. The first-order chi connectivity index (χ1) is 9.40. The fraction of sp³-hybridized carbons (Fsp3) is 0.714. The zero-order valence-electron chi connectivity index (χ0n) is 12.9. The van der Waals surface area contributed by atoms with E-state index in [1.54, 1.807) is 0 Å². The van der Waals surface area contributed by atoms with Crippen molar-refractivity contribution in [3.8, 4) is 0 Å². The first-order valence-electron chi connectivity index (χ1n) is 6.93. The summed E-state index contributed by atoms with van der Waals surface area (Å²) in [5.41, 5.74) is 2.02. The van der Waals surface area contributed by atoms with Gasteiger partial charge in [0.2, 0.25) is 0 Å². The first-order valence-corrected chi connectivity index (χ1v) is 7.72. The van der Waals surface area contributed by atoms with Gasteiger partial charge in [0.15, 0.2) is 0 Å². The highest BCUT2D eigenvalue weighted by molar-refractivity contribution is 9.10. The lowest BCUT2D eigenvalue weighted by Gasteiger charge is -2.18. The molecule has 114 valence electrons. The molecule has 1 rings (SSSR count). The Morgan fingerprint density at radius 3 is 2.65 bits per heavy atom. The smallest absolute Gasteiger partial charge is 0.322 e. The van der Waals surface area contributed by atoms with Crippen LogP contribution in [0.4, 0.5) is 0 Å². The van der Waals surface area contributed by atoms with Crippen molar-refractivity contribution in [2.45, 2.75) is 53.2 Å². The molecule has 1 aromatic rings. The molecule has 1 heterocycles. The molecule has 0 saturated carbocycles. The van der Waals surface area contributed by atoms with E-state index >= 15 is 0 Å².